The number of carboxylic acid groups (broad SMARTS) is 1. The van der Waals surface area contributed by atoms with Crippen molar-refractivity contribution < 1.29 is 94.3 Å². The molecule has 95 heavy (non-hydrogen) atoms. The Morgan fingerprint density at radius 1 is 0.863 bits per heavy atom. The van der Waals surface area contributed by atoms with Crippen molar-refractivity contribution >= 4 is 69.3 Å². The lowest BCUT2D eigenvalue weighted by Crippen LogP contribution is -2.45. The van der Waals surface area contributed by atoms with Gasteiger partial charge in [0.05, 0.1) is 47.9 Å². The van der Waals surface area contributed by atoms with Crippen molar-refractivity contribution in [2.75, 3.05) is 70.0 Å². The van der Waals surface area contributed by atoms with Gasteiger partial charge < -0.3 is 68.3 Å². The lowest BCUT2D eigenvalue weighted by atomic mass is 9.81. The molecule has 6 aromatic rings. The molecule has 3 unspecified atom stereocenters. The van der Waals surface area contributed by atoms with E-state index in [1.807, 2.05) is 0 Å². The van der Waals surface area contributed by atoms with E-state index >= 15 is 0 Å². The number of aromatic nitrogens is 3. The van der Waals surface area contributed by atoms with Crippen molar-refractivity contribution in [1.82, 2.24) is 19.1 Å². The number of aromatic carboxylic acids is 1. The Bertz CT molecular complexity index is 4590. The van der Waals surface area contributed by atoms with Gasteiger partial charge in [0.15, 0.2) is 19.0 Å². The van der Waals surface area contributed by atoms with Crippen LogP contribution < -0.4 is 40.0 Å². The third kappa shape index (κ3) is 14.6. The van der Waals surface area contributed by atoms with Crippen molar-refractivity contribution in [3.63, 3.8) is 0 Å². The third-order valence-electron chi connectivity index (χ3n) is 16.9. The first-order valence-electron chi connectivity index (χ1n) is 30.2. The molecule has 4 aromatic carbocycles. The fourth-order valence-corrected chi connectivity index (χ4v) is 16.2. The number of anilines is 2. The van der Waals surface area contributed by atoms with Crippen LogP contribution in [0.2, 0.25) is 0 Å². The first-order valence-corrected chi connectivity index (χ1v) is 34.7. The van der Waals surface area contributed by atoms with Gasteiger partial charge in [0.1, 0.15) is 72.9 Å². The number of hydrogen-bond acceptors (Lipinski definition) is 21. The van der Waals surface area contributed by atoms with Gasteiger partial charge in [-0.05, 0) is 110 Å². The van der Waals surface area contributed by atoms with Gasteiger partial charge >= 0.3 is 35.4 Å². The van der Waals surface area contributed by atoms with E-state index < -0.39 is 80.4 Å². The first-order chi connectivity index (χ1) is 45.7. The maximum Gasteiger partial charge on any atom is 0.490 e. The number of azide groups is 2. The number of ketones is 1. The summed E-state index contributed by atoms with van der Waals surface area (Å²) in [4.78, 5) is 94.2. The number of phosphoric acid groups is 3. The second kappa shape index (κ2) is 27.9. The summed E-state index contributed by atoms with van der Waals surface area (Å²) in [5.74, 6) is 5.51. The SMILES string of the molecule is [N-]=[N+]=NCOC1C[C@H](n2cc(C#CCOC(=O)COc3ccc(OCCCC(=O)c4ccc(C(=O)O)c(C5=c6cc7c8c(c6Oc6c5cc5c9c6CCCN9CCC5)CCC[N+]=8CCC7)c4)cc3CN=[N+]=[N-])c3c(N)ncnc32)O[C@@H]1COP(=O)(O)OP(=O)(O)OP(=O)(O)O. The molecule has 0 amide bonds. The summed E-state index contributed by atoms with van der Waals surface area (Å²) < 4.78 is 87.8. The summed E-state index contributed by atoms with van der Waals surface area (Å²) in [6.45, 7) is 1.35. The maximum absolute atomic E-state index is 14.2. The lowest BCUT2D eigenvalue weighted by molar-refractivity contribution is -0.144. The molecule has 496 valence electrons. The lowest BCUT2D eigenvalue weighted by Gasteiger charge is -2.39. The molecule has 2 aromatic heterocycles. The molecule has 0 bridgehead atoms. The predicted octanol–water partition coefficient (Wildman–Crippen LogP) is 7.26. The zero-order valence-corrected chi connectivity index (χ0v) is 53.2. The molecular weight excluding hydrogens is 1300 g/mol. The van der Waals surface area contributed by atoms with Crippen LogP contribution >= 0.6 is 23.5 Å². The zero-order chi connectivity index (χ0) is 66.8. The number of hydrogen-bond donors (Lipinski definition) is 6. The number of nitrogens with zero attached hydrogens (tertiary/aromatic N) is 11. The van der Waals surface area contributed by atoms with Gasteiger partial charge in [-0.3, -0.25) is 9.32 Å². The molecule has 1 fully saturated rings. The molecular formula is C60H62N12O20P3+. The number of ether oxygens (including phenoxy) is 6. The molecule has 6 aliphatic heterocycles. The first kappa shape index (κ1) is 66.3. The molecule has 0 radical (unpaired) electrons. The fraction of sp³-hybridized carbons (Fsp3) is 0.400. The molecule has 0 aliphatic carbocycles. The number of benzene rings is 4. The molecule has 6 aliphatic rings. The van der Waals surface area contributed by atoms with E-state index in [1.165, 1.54) is 45.1 Å². The number of carbonyl (C=O) groups is 3. The highest BCUT2D eigenvalue weighted by atomic mass is 31.3. The molecule has 5 atom stereocenters. The van der Waals surface area contributed by atoms with Gasteiger partial charge in [-0.2, -0.15) is 8.62 Å². The minimum Gasteiger partial charge on any atom is -0.494 e. The summed E-state index contributed by atoms with van der Waals surface area (Å²) in [5.41, 5.74) is 33.6. The van der Waals surface area contributed by atoms with E-state index in [4.69, 9.17) is 54.0 Å². The largest absolute Gasteiger partial charge is 0.494 e. The van der Waals surface area contributed by atoms with Crippen molar-refractivity contribution in [3.8, 4) is 34.8 Å². The monoisotopic (exact) mass is 1360 g/mol. The number of nitrogen functional groups attached to an aromatic ring is 1. The Kier molecular flexibility index (Phi) is 19.5. The number of nitrogens with two attached hydrogens (primary N) is 1. The van der Waals surface area contributed by atoms with Gasteiger partial charge in [-0.25, -0.2) is 37.8 Å². The van der Waals surface area contributed by atoms with E-state index in [0.29, 0.717) is 22.4 Å². The number of Topliss-reactive ketones (excluding diaryl/α,β-unsaturated/α-hetero) is 1. The van der Waals surface area contributed by atoms with Gasteiger partial charge in [-0.15, -0.1) is 0 Å². The number of esters is 1. The Morgan fingerprint density at radius 2 is 1.64 bits per heavy atom. The highest BCUT2D eigenvalue weighted by Crippen LogP contribution is 2.66. The number of carbonyl (C=O) groups excluding carboxylic acids is 2. The van der Waals surface area contributed by atoms with Crippen LogP contribution in [0.15, 0.2) is 71.3 Å². The van der Waals surface area contributed by atoms with E-state index in [-0.39, 0.29) is 71.9 Å². The Labute approximate surface area is 539 Å². The number of rotatable bonds is 25. The minimum absolute atomic E-state index is 0.0135. The Balaban J connectivity index is 0.692. The number of carboxylic acids is 1. The number of fused-ring (bicyclic) bond motifs is 5. The minimum atomic E-state index is -5.84. The van der Waals surface area contributed by atoms with Gasteiger partial charge in [-0.1, -0.05) is 28.1 Å². The average Bonchev–Trinajstić information content (AvgIpc) is 1.37. The second-order valence-corrected chi connectivity index (χ2v) is 27.3. The summed E-state index contributed by atoms with van der Waals surface area (Å²) in [7, 11) is -17.1. The van der Waals surface area contributed by atoms with Crippen molar-refractivity contribution in [1.29, 1.82) is 0 Å². The van der Waals surface area contributed by atoms with E-state index in [9.17, 15) is 48.5 Å². The molecule has 0 saturated carbocycles. The van der Waals surface area contributed by atoms with Crippen LogP contribution in [0.1, 0.15) is 116 Å². The third-order valence-corrected chi connectivity index (χ3v) is 20.7. The van der Waals surface area contributed by atoms with E-state index in [0.717, 1.165) is 123 Å². The van der Waals surface area contributed by atoms with Crippen LogP contribution in [0.5, 0.6) is 23.0 Å². The highest BCUT2D eigenvalue weighted by Gasteiger charge is 2.44. The van der Waals surface area contributed by atoms with Crippen LogP contribution in [0.4, 0.5) is 11.5 Å². The van der Waals surface area contributed by atoms with Crippen molar-refractivity contribution in [2.45, 2.75) is 95.6 Å². The summed E-state index contributed by atoms with van der Waals surface area (Å²) in [6, 6.07) is 13.9. The van der Waals surface area contributed by atoms with Crippen molar-refractivity contribution in [2.24, 2.45) is 10.2 Å². The normalized spacial score (nSPS) is 18.8. The summed E-state index contributed by atoms with van der Waals surface area (Å²) in [6.07, 6.45) is 6.97. The highest BCUT2D eigenvalue weighted by molar-refractivity contribution is 7.66. The molecule has 7 N–H and O–H groups in total. The molecule has 32 nitrogen and oxygen atoms in total. The quantitative estimate of drug-likeness (QED) is 0.00377. The number of aryl methyl sites for hydroxylation is 2. The van der Waals surface area contributed by atoms with Crippen LogP contribution in [-0.2, 0) is 78.1 Å². The van der Waals surface area contributed by atoms with Gasteiger partial charge in [0.25, 0.3) is 0 Å². The molecule has 1 saturated heterocycles. The topological polar surface area (TPSA) is 447 Å². The van der Waals surface area contributed by atoms with Crippen LogP contribution in [0, 0.1) is 11.8 Å². The fourth-order valence-electron chi connectivity index (χ4n) is 13.2. The second-order valence-electron chi connectivity index (χ2n) is 22.9. The summed E-state index contributed by atoms with van der Waals surface area (Å²) in [5, 5.41) is 20.2. The van der Waals surface area contributed by atoms with E-state index in [1.54, 1.807) is 24.3 Å². The van der Waals surface area contributed by atoms with Crippen LogP contribution in [0.3, 0.4) is 0 Å². The molecule has 8 heterocycles. The van der Waals surface area contributed by atoms with Crippen molar-refractivity contribution in [3.05, 3.63) is 148 Å². The van der Waals surface area contributed by atoms with E-state index in [2.05, 4.69) is 72.1 Å². The number of phosphoric ester groups is 1. The van der Waals surface area contributed by atoms with Gasteiger partial charge in [0, 0.05) is 99.1 Å². The standard InChI is InChI=1S/C60H61N12O20P3/c61-58-52-37(29-72(59(52)65-32-64-58)50-27-48(87-33-67-69-63)49(89-50)30-88-94(80,81)92-95(82,83)91-93(77,78)79)9-5-22-85-51(74)31-86-47-16-14-39(23-38(47)28-66-68-62)84-21-6-12-46(73)34-13-15-40(60(75)76)43(24-34)53-44-25-35-7-1-17-70-19-3-10-41(54(35)70)56(44)90-57-42-11-4-20-71-18-2-8-36(55(42)71)26-45(53)57/h13-16,23-26,29,32,48-50H,1-4,6-8,10-12,17-22,27-28,30-31,33H2,(H6-,61,64,65,75,76,77,78,79,80,81,82,83)/p+1/t48?,49-,50-/m1/s1. The molecule has 12 rings (SSSR count). The predicted molar refractivity (Wildman–Crippen MR) is 335 cm³/mol. The summed E-state index contributed by atoms with van der Waals surface area (Å²) >= 11 is 0. The Hall–Kier alpha value is -8.71. The maximum atomic E-state index is 14.2. The smallest absolute Gasteiger partial charge is 0.490 e. The van der Waals surface area contributed by atoms with Crippen LogP contribution in [-0.4, -0.2) is 128 Å². The van der Waals surface area contributed by atoms with Gasteiger partial charge in [0.2, 0.25) is 5.36 Å². The Morgan fingerprint density at radius 3 is 2.43 bits per heavy atom. The van der Waals surface area contributed by atoms with Crippen LogP contribution in [0.25, 0.3) is 37.5 Å². The average molecular weight is 1360 g/mol. The zero-order valence-electron chi connectivity index (χ0n) is 50.6. The molecule has 35 heteroatoms. The molecule has 0 spiro atoms.